The molecule has 1 heterocycles. The van der Waals surface area contributed by atoms with Crippen LogP contribution in [-0.2, 0) is 4.79 Å². The molecule has 2 aliphatic carbocycles. The van der Waals surface area contributed by atoms with E-state index >= 15 is 0 Å². The number of nitrogens with one attached hydrogen (secondary N) is 1. The summed E-state index contributed by atoms with van der Waals surface area (Å²) in [7, 11) is 0. The van der Waals surface area contributed by atoms with Gasteiger partial charge in [0.25, 0.3) is 0 Å². The molecule has 31 heavy (non-hydrogen) atoms. The van der Waals surface area contributed by atoms with Crippen molar-refractivity contribution in [1.82, 2.24) is 10.2 Å². The molecule has 2 amide bonds. The third-order valence-electron chi connectivity index (χ3n) is 7.08. The average Bonchev–Trinajstić information content (AvgIpc) is 3.31. The molecule has 1 atom stereocenters. The van der Waals surface area contributed by atoms with E-state index in [-0.39, 0.29) is 11.8 Å². The second-order valence-corrected chi connectivity index (χ2v) is 9.24. The maximum Gasteiger partial charge on any atom is 0.407 e. The van der Waals surface area contributed by atoms with E-state index in [2.05, 4.69) is 23.5 Å². The monoisotopic (exact) mass is 426 g/mol. The molecule has 0 radical (unpaired) electrons. The number of carbonyl (C=O) groups is 2. The van der Waals surface area contributed by atoms with E-state index in [0.717, 1.165) is 50.7 Å². The zero-order chi connectivity index (χ0) is 21.6. The highest BCUT2D eigenvalue weighted by Gasteiger charge is 2.25. The first-order valence-corrected chi connectivity index (χ1v) is 11.8. The van der Waals surface area contributed by atoms with Gasteiger partial charge in [0.2, 0.25) is 5.91 Å². The fraction of sp³-hybridized carbons (Fsp3) is 0.600. The van der Waals surface area contributed by atoms with E-state index in [9.17, 15) is 9.59 Å². The highest BCUT2D eigenvalue weighted by molar-refractivity contribution is 5.81. The number of nitrogens with zero attached hydrogens (tertiary/aromatic N) is 1. The second kappa shape index (κ2) is 10.2. The molecule has 1 unspecified atom stereocenters. The average molecular weight is 427 g/mol. The fourth-order valence-corrected chi connectivity index (χ4v) is 4.99. The summed E-state index contributed by atoms with van der Waals surface area (Å²) in [5, 5.41) is 12.3. The van der Waals surface area contributed by atoms with Gasteiger partial charge in [0.1, 0.15) is 5.75 Å². The van der Waals surface area contributed by atoms with Crippen molar-refractivity contribution in [3.8, 4) is 5.75 Å². The van der Waals surface area contributed by atoms with Gasteiger partial charge < -0.3 is 20.1 Å². The van der Waals surface area contributed by atoms with Crippen molar-refractivity contribution in [2.75, 3.05) is 19.7 Å². The lowest BCUT2D eigenvalue weighted by molar-refractivity contribution is -0.125. The Bertz CT molecular complexity index is 790. The van der Waals surface area contributed by atoms with Gasteiger partial charge in [0.15, 0.2) is 0 Å². The lowest BCUT2D eigenvalue weighted by atomic mass is 9.86. The number of amides is 2. The summed E-state index contributed by atoms with van der Waals surface area (Å²) in [4.78, 5) is 25.0. The Morgan fingerprint density at radius 2 is 1.74 bits per heavy atom. The molecule has 1 aromatic carbocycles. The third-order valence-corrected chi connectivity index (χ3v) is 7.08. The zero-order valence-electron chi connectivity index (χ0n) is 18.2. The Labute approximate surface area is 184 Å². The molecule has 2 N–H and O–H groups in total. The van der Waals surface area contributed by atoms with E-state index in [4.69, 9.17) is 9.84 Å². The minimum atomic E-state index is -0.826. The molecule has 0 bridgehead atoms. The van der Waals surface area contributed by atoms with E-state index < -0.39 is 6.09 Å². The Morgan fingerprint density at radius 1 is 1.03 bits per heavy atom. The van der Waals surface area contributed by atoms with Crippen molar-refractivity contribution in [2.24, 2.45) is 11.8 Å². The van der Waals surface area contributed by atoms with Crippen molar-refractivity contribution < 1.29 is 19.4 Å². The summed E-state index contributed by atoms with van der Waals surface area (Å²) < 4.78 is 5.96. The molecule has 1 aliphatic heterocycles. The van der Waals surface area contributed by atoms with Gasteiger partial charge in [-0.3, -0.25) is 4.79 Å². The van der Waals surface area contributed by atoms with Gasteiger partial charge in [-0.05, 0) is 74.1 Å². The van der Waals surface area contributed by atoms with E-state index in [1.54, 1.807) is 0 Å². The molecule has 4 rings (SSSR count). The van der Waals surface area contributed by atoms with Gasteiger partial charge in [-0.2, -0.15) is 0 Å². The van der Waals surface area contributed by atoms with Crippen LogP contribution in [0, 0.1) is 11.8 Å². The van der Waals surface area contributed by atoms with Crippen LogP contribution < -0.4 is 10.1 Å². The SMILES string of the molecule is O=C(NC1CCCC1)C1CC=C(c2ccc(OCC3CCN(C(=O)O)CC3)cc2)CC1. The minimum Gasteiger partial charge on any atom is -0.493 e. The zero-order valence-corrected chi connectivity index (χ0v) is 18.2. The van der Waals surface area contributed by atoms with Crippen LogP contribution in [0.15, 0.2) is 30.3 Å². The van der Waals surface area contributed by atoms with Gasteiger partial charge in [0, 0.05) is 25.0 Å². The van der Waals surface area contributed by atoms with Crippen LogP contribution in [0.5, 0.6) is 5.75 Å². The first-order chi connectivity index (χ1) is 15.1. The highest BCUT2D eigenvalue weighted by atomic mass is 16.5. The van der Waals surface area contributed by atoms with E-state index in [1.165, 1.54) is 28.9 Å². The number of ether oxygens (including phenoxy) is 1. The van der Waals surface area contributed by atoms with Gasteiger partial charge in [-0.15, -0.1) is 0 Å². The minimum absolute atomic E-state index is 0.111. The number of allylic oxidation sites excluding steroid dienone is 2. The van der Waals surface area contributed by atoms with Gasteiger partial charge in [-0.25, -0.2) is 4.79 Å². The van der Waals surface area contributed by atoms with Crippen LogP contribution in [0.4, 0.5) is 4.79 Å². The molecule has 6 nitrogen and oxygen atoms in total. The molecule has 3 aliphatic rings. The third kappa shape index (κ3) is 5.81. The number of rotatable bonds is 6. The molecular weight excluding hydrogens is 392 g/mol. The van der Waals surface area contributed by atoms with Gasteiger partial charge >= 0.3 is 6.09 Å². The maximum atomic E-state index is 12.5. The standard InChI is InChI=1S/C25H34N2O4/c28-24(26-22-3-1-2-4-22)21-7-5-19(6-8-21)20-9-11-23(12-10-20)31-17-18-13-15-27(16-14-18)25(29)30/h5,9-12,18,21-22H,1-4,6-8,13-17H2,(H,26,28)(H,29,30). The number of carboxylic acid groups (broad SMARTS) is 1. The number of likely N-dealkylation sites (tertiary alicyclic amines) is 1. The summed E-state index contributed by atoms with van der Waals surface area (Å²) in [5.41, 5.74) is 2.52. The lowest BCUT2D eigenvalue weighted by Crippen LogP contribution is -2.38. The summed E-state index contributed by atoms with van der Waals surface area (Å²) >= 11 is 0. The topological polar surface area (TPSA) is 78.9 Å². The first-order valence-electron chi connectivity index (χ1n) is 11.8. The summed E-state index contributed by atoms with van der Waals surface area (Å²) in [6.07, 6.45) is 10.5. The summed E-state index contributed by atoms with van der Waals surface area (Å²) in [6.45, 7) is 1.82. The van der Waals surface area contributed by atoms with Crippen molar-refractivity contribution in [2.45, 2.75) is 63.8 Å². The van der Waals surface area contributed by atoms with Crippen LogP contribution >= 0.6 is 0 Å². The second-order valence-electron chi connectivity index (χ2n) is 9.24. The molecule has 0 aromatic heterocycles. The Hall–Kier alpha value is -2.50. The quantitative estimate of drug-likeness (QED) is 0.691. The van der Waals surface area contributed by atoms with Crippen LogP contribution in [0.3, 0.4) is 0 Å². The Morgan fingerprint density at radius 3 is 2.35 bits per heavy atom. The number of benzene rings is 1. The predicted molar refractivity (Wildman–Crippen MR) is 120 cm³/mol. The fourth-order valence-electron chi connectivity index (χ4n) is 4.99. The lowest BCUT2D eigenvalue weighted by Gasteiger charge is -2.29. The smallest absolute Gasteiger partial charge is 0.407 e. The van der Waals surface area contributed by atoms with Crippen molar-refractivity contribution in [3.63, 3.8) is 0 Å². The Balaban J connectivity index is 1.22. The number of piperidine rings is 1. The predicted octanol–water partition coefficient (Wildman–Crippen LogP) is 4.70. The van der Waals surface area contributed by atoms with E-state index in [0.29, 0.717) is 31.7 Å². The summed E-state index contributed by atoms with van der Waals surface area (Å²) in [5.74, 6) is 1.61. The number of hydrogen-bond acceptors (Lipinski definition) is 3. The molecule has 168 valence electrons. The van der Waals surface area contributed by atoms with Crippen LogP contribution in [-0.4, -0.2) is 47.7 Å². The molecule has 1 saturated heterocycles. The summed E-state index contributed by atoms with van der Waals surface area (Å²) in [6, 6.07) is 8.64. The van der Waals surface area contributed by atoms with Crippen molar-refractivity contribution >= 4 is 17.6 Å². The van der Waals surface area contributed by atoms with Gasteiger partial charge in [0.05, 0.1) is 6.61 Å². The number of hydrogen-bond donors (Lipinski definition) is 2. The van der Waals surface area contributed by atoms with E-state index in [1.807, 2.05) is 12.1 Å². The molecular formula is C25H34N2O4. The van der Waals surface area contributed by atoms with Crippen molar-refractivity contribution in [1.29, 1.82) is 0 Å². The molecule has 1 aromatic rings. The van der Waals surface area contributed by atoms with Gasteiger partial charge in [-0.1, -0.05) is 31.1 Å². The van der Waals surface area contributed by atoms with Crippen LogP contribution in [0.1, 0.15) is 63.4 Å². The molecule has 6 heteroatoms. The first kappa shape index (κ1) is 21.7. The van der Waals surface area contributed by atoms with Crippen LogP contribution in [0.2, 0.25) is 0 Å². The molecule has 0 spiro atoms. The van der Waals surface area contributed by atoms with Crippen molar-refractivity contribution in [3.05, 3.63) is 35.9 Å². The number of carbonyl (C=O) groups excluding carboxylic acids is 1. The highest BCUT2D eigenvalue weighted by Crippen LogP contribution is 2.32. The molecule has 2 fully saturated rings. The van der Waals surface area contributed by atoms with Crippen LogP contribution in [0.25, 0.3) is 5.57 Å². The normalized spacial score (nSPS) is 22.8. The molecule has 1 saturated carbocycles. The maximum absolute atomic E-state index is 12.5. The largest absolute Gasteiger partial charge is 0.493 e. The Kier molecular flexibility index (Phi) is 7.15.